The first kappa shape index (κ1) is 11.7. The molecule has 0 unspecified atom stereocenters. The van der Waals surface area contributed by atoms with Crippen molar-refractivity contribution in [2.45, 2.75) is 13.0 Å². The summed E-state index contributed by atoms with van der Waals surface area (Å²) in [7, 11) is -1.79. The molecular weight excluding hydrogens is 200 g/mol. The van der Waals surface area contributed by atoms with Gasteiger partial charge in [-0.15, -0.1) is 13.2 Å². The monoisotopic (exact) mass is 215 g/mol. The fourth-order valence-corrected chi connectivity index (χ4v) is 4.14. The van der Waals surface area contributed by atoms with E-state index in [0.29, 0.717) is 5.56 Å². The quantitative estimate of drug-likeness (QED) is 0.689. The number of carbonyl (C=O) groups excluding carboxylic acids is 1. The third kappa shape index (κ3) is 2.15. The molecule has 1 rings (SSSR count). The molecule has 1 aromatic rings. The van der Waals surface area contributed by atoms with E-state index < -0.39 is 8.07 Å². The second-order valence-electron chi connectivity index (χ2n) is 3.49. The Kier molecular flexibility index (Phi) is 3.80. The van der Waals surface area contributed by atoms with Gasteiger partial charge >= 0.3 is 0 Å². The van der Waals surface area contributed by atoms with Gasteiger partial charge < -0.3 is 0 Å². The third-order valence-electron chi connectivity index (χ3n) is 2.83. The molecule has 0 aliphatic rings. The molecule has 0 aliphatic heterocycles. The van der Waals surface area contributed by atoms with Crippen molar-refractivity contribution in [3.05, 3.63) is 54.4 Å². The molecule has 1 radical (unpaired) electrons. The van der Waals surface area contributed by atoms with Gasteiger partial charge in [0.15, 0.2) is 0 Å². The first-order valence-corrected chi connectivity index (χ1v) is 7.34. The highest BCUT2D eigenvalue weighted by Crippen LogP contribution is 2.12. The van der Waals surface area contributed by atoms with Crippen molar-refractivity contribution < 1.29 is 4.79 Å². The van der Waals surface area contributed by atoms with Gasteiger partial charge in [0, 0.05) is 5.56 Å². The number of hydrogen-bond acceptors (Lipinski definition) is 1. The molecule has 0 aromatic heterocycles. The van der Waals surface area contributed by atoms with Crippen molar-refractivity contribution in [3.63, 3.8) is 0 Å². The van der Waals surface area contributed by atoms with Gasteiger partial charge in [-0.3, -0.25) is 4.79 Å². The highest BCUT2D eigenvalue weighted by molar-refractivity contribution is 6.99. The number of hydrogen-bond donors (Lipinski definition) is 0. The summed E-state index contributed by atoms with van der Waals surface area (Å²) in [5.41, 5.74) is 4.61. The third-order valence-corrected chi connectivity index (χ3v) is 6.84. The summed E-state index contributed by atoms with van der Waals surface area (Å²) < 4.78 is 0. The van der Waals surface area contributed by atoms with E-state index in [1.807, 2.05) is 35.9 Å². The molecule has 0 heterocycles. The van der Waals surface area contributed by atoms with Gasteiger partial charge in [-0.1, -0.05) is 42.6 Å². The van der Waals surface area contributed by atoms with Crippen LogP contribution in [-0.2, 0) is 4.79 Å². The van der Waals surface area contributed by atoms with Crippen LogP contribution in [0.4, 0.5) is 0 Å². The highest BCUT2D eigenvalue weighted by Gasteiger charge is 2.25. The van der Waals surface area contributed by atoms with Crippen LogP contribution in [0.2, 0.25) is 6.04 Å². The Bertz CT molecular complexity index is 374. The van der Waals surface area contributed by atoms with Crippen LogP contribution < -0.4 is 5.19 Å². The van der Waals surface area contributed by atoms with E-state index in [2.05, 4.69) is 20.1 Å². The van der Waals surface area contributed by atoms with E-state index in [9.17, 15) is 4.79 Å². The molecule has 0 bridgehead atoms. The van der Waals surface area contributed by atoms with Gasteiger partial charge in [0.1, 0.15) is 8.07 Å². The van der Waals surface area contributed by atoms with Crippen LogP contribution in [0.15, 0.2) is 48.8 Å². The van der Waals surface area contributed by atoms with Crippen LogP contribution in [0.3, 0.4) is 0 Å². The van der Waals surface area contributed by atoms with Crippen molar-refractivity contribution in [2.24, 2.45) is 0 Å². The first-order valence-electron chi connectivity index (χ1n) is 4.98. The summed E-state index contributed by atoms with van der Waals surface area (Å²) >= 11 is 0. The fourth-order valence-electron chi connectivity index (χ4n) is 1.68. The Hall–Kier alpha value is -1.41. The Morgan fingerprint density at radius 2 is 2.07 bits per heavy atom. The molecule has 0 aliphatic carbocycles. The molecule has 15 heavy (non-hydrogen) atoms. The zero-order valence-corrected chi connectivity index (χ0v) is 9.99. The summed E-state index contributed by atoms with van der Waals surface area (Å²) in [5.74, 6) is 0. The largest absolute Gasteiger partial charge is 0.285 e. The first-order chi connectivity index (χ1) is 7.22. The van der Waals surface area contributed by atoms with E-state index in [0.717, 1.165) is 6.04 Å². The maximum absolute atomic E-state index is 10.6. The normalized spacial score (nSPS) is 10.7. The zero-order chi connectivity index (χ0) is 11.3. The van der Waals surface area contributed by atoms with Crippen LogP contribution in [0, 0.1) is 0 Å². The molecule has 1 aromatic carbocycles. The molecule has 0 amide bonds. The number of benzene rings is 1. The van der Waals surface area contributed by atoms with Crippen molar-refractivity contribution in [3.8, 4) is 0 Å². The summed E-state index contributed by atoms with van der Waals surface area (Å²) in [6, 6.07) is 8.60. The summed E-state index contributed by atoms with van der Waals surface area (Å²) in [5, 5.41) is 1.18. The molecule has 77 valence electrons. The van der Waals surface area contributed by atoms with Gasteiger partial charge in [-0.25, -0.2) is 0 Å². The molecule has 0 fully saturated rings. The molecule has 0 N–H and O–H groups in total. The maximum atomic E-state index is 10.6. The smallest absolute Gasteiger partial charge is 0.233 e. The van der Waals surface area contributed by atoms with Crippen LogP contribution in [0.1, 0.15) is 12.5 Å². The van der Waals surface area contributed by atoms with Gasteiger partial charge in [0.2, 0.25) is 6.29 Å². The minimum absolute atomic E-state index is 0.599. The Labute approximate surface area is 92.1 Å². The summed E-state index contributed by atoms with van der Waals surface area (Å²) in [6.07, 6.45) is 1.92. The standard InChI is InChI=1S/C13H15OSi/c1-4-15(5-2,6-3)13-9-7-8-12(10-13)11-14/h4-5,7-10H,1-2,6H2,3H3. The summed E-state index contributed by atoms with van der Waals surface area (Å²) in [6.45, 7) is 9.93. The lowest BCUT2D eigenvalue weighted by Gasteiger charge is -2.23. The molecule has 1 nitrogen and oxygen atoms in total. The predicted octanol–water partition coefficient (Wildman–Crippen LogP) is 2.27. The second-order valence-corrected chi connectivity index (χ2v) is 7.67. The molecule has 0 spiro atoms. The van der Waals surface area contributed by atoms with Crippen molar-refractivity contribution >= 4 is 19.5 Å². The number of rotatable bonds is 5. The Morgan fingerprint density at radius 1 is 1.40 bits per heavy atom. The van der Waals surface area contributed by atoms with Gasteiger partial charge in [-0.05, 0) is 11.2 Å². The Balaban J connectivity index is 3.27. The summed E-state index contributed by atoms with van der Waals surface area (Å²) in [4.78, 5) is 10.6. The lowest BCUT2D eigenvalue weighted by atomic mass is 10.2. The maximum Gasteiger partial charge on any atom is 0.233 e. The van der Waals surface area contributed by atoms with Crippen LogP contribution >= 0.6 is 0 Å². The molecule has 0 saturated heterocycles. The van der Waals surface area contributed by atoms with E-state index >= 15 is 0 Å². The average molecular weight is 215 g/mol. The fraction of sp³-hybridized carbons (Fsp3) is 0.154. The minimum Gasteiger partial charge on any atom is -0.285 e. The van der Waals surface area contributed by atoms with Crippen molar-refractivity contribution in [1.29, 1.82) is 0 Å². The van der Waals surface area contributed by atoms with E-state index in [-0.39, 0.29) is 0 Å². The topological polar surface area (TPSA) is 17.1 Å². The van der Waals surface area contributed by atoms with E-state index in [1.165, 1.54) is 5.19 Å². The highest BCUT2D eigenvalue weighted by atomic mass is 28.3. The molecule has 0 atom stereocenters. The minimum atomic E-state index is -1.79. The van der Waals surface area contributed by atoms with Gasteiger partial charge in [0.25, 0.3) is 0 Å². The van der Waals surface area contributed by atoms with E-state index in [4.69, 9.17) is 0 Å². The SMILES string of the molecule is C=C[Si](C=C)(CC)c1cccc([C]=O)c1. The Morgan fingerprint density at radius 3 is 2.53 bits per heavy atom. The van der Waals surface area contributed by atoms with Gasteiger partial charge in [-0.2, -0.15) is 0 Å². The zero-order valence-electron chi connectivity index (χ0n) is 8.99. The molecule has 0 saturated carbocycles. The van der Waals surface area contributed by atoms with Crippen LogP contribution in [-0.4, -0.2) is 14.4 Å². The average Bonchev–Trinajstić information content (AvgIpc) is 2.32. The van der Waals surface area contributed by atoms with Gasteiger partial charge in [0.05, 0.1) is 0 Å². The lowest BCUT2D eigenvalue weighted by molar-refractivity contribution is 0.563. The van der Waals surface area contributed by atoms with Crippen LogP contribution in [0.5, 0.6) is 0 Å². The molecular formula is C13H15OSi. The predicted molar refractivity (Wildman–Crippen MR) is 67.5 cm³/mol. The second kappa shape index (κ2) is 4.89. The molecule has 2 heteroatoms. The van der Waals surface area contributed by atoms with Crippen molar-refractivity contribution in [2.75, 3.05) is 0 Å². The van der Waals surface area contributed by atoms with Crippen molar-refractivity contribution in [1.82, 2.24) is 0 Å². The van der Waals surface area contributed by atoms with Crippen LogP contribution in [0.25, 0.3) is 0 Å². The lowest BCUT2D eigenvalue weighted by Crippen LogP contribution is -2.43. The van der Waals surface area contributed by atoms with E-state index in [1.54, 1.807) is 6.07 Å².